The lowest BCUT2D eigenvalue weighted by Crippen LogP contribution is -2.13. The average molecular weight is 163 g/mol. The van der Waals surface area contributed by atoms with E-state index in [2.05, 4.69) is 20.8 Å². The molecule has 0 rings (SSSR count). The van der Waals surface area contributed by atoms with E-state index >= 15 is 0 Å². The SMILES string of the molecule is CCCC(C)(C)CC(=O)Cl. The van der Waals surface area contributed by atoms with Crippen LogP contribution in [0.3, 0.4) is 0 Å². The highest BCUT2D eigenvalue weighted by atomic mass is 35.5. The molecule has 10 heavy (non-hydrogen) atoms. The van der Waals surface area contributed by atoms with Crippen LogP contribution < -0.4 is 0 Å². The topological polar surface area (TPSA) is 17.1 Å². The quantitative estimate of drug-likeness (QED) is 0.581. The highest BCUT2D eigenvalue weighted by Crippen LogP contribution is 2.27. The van der Waals surface area contributed by atoms with E-state index in [1.165, 1.54) is 0 Å². The lowest BCUT2D eigenvalue weighted by molar-refractivity contribution is -0.113. The van der Waals surface area contributed by atoms with Crippen LogP contribution in [0.25, 0.3) is 0 Å². The number of carbonyl (C=O) groups excluding carboxylic acids is 1. The molecule has 0 radical (unpaired) electrons. The summed E-state index contributed by atoms with van der Waals surface area (Å²) in [5, 5.41) is -0.224. The normalized spacial score (nSPS) is 11.6. The van der Waals surface area contributed by atoms with Crippen molar-refractivity contribution in [3.8, 4) is 0 Å². The third-order valence-electron chi connectivity index (χ3n) is 1.54. The van der Waals surface area contributed by atoms with E-state index in [0.717, 1.165) is 12.8 Å². The van der Waals surface area contributed by atoms with Crippen molar-refractivity contribution < 1.29 is 4.79 Å². The molecular formula is C8H15ClO. The third kappa shape index (κ3) is 4.80. The third-order valence-corrected chi connectivity index (χ3v) is 1.68. The molecular weight excluding hydrogens is 148 g/mol. The first-order valence-corrected chi connectivity index (χ1v) is 4.04. The lowest BCUT2D eigenvalue weighted by atomic mass is 9.85. The first-order chi connectivity index (χ1) is 4.48. The van der Waals surface area contributed by atoms with Gasteiger partial charge < -0.3 is 0 Å². The summed E-state index contributed by atoms with van der Waals surface area (Å²) in [4.78, 5) is 10.5. The van der Waals surface area contributed by atoms with Crippen molar-refractivity contribution in [1.82, 2.24) is 0 Å². The molecule has 0 aliphatic heterocycles. The second-order valence-electron chi connectivity index (χ2n) is 3.45. The van der Waals surface area contributed by atoms with Crippen LogP contribution in [0.1, 0.15) is 40.0 Å². The van der Waals surface area contributed by atoms with Gasteiger partial charge in [0.1, 0.15) is 0 Å². The molecule has 0 aliphatic carbocycles. The Morgan fingerprint density at radius 1 is 1.50 bits per heavy atom. The highest BCUT2D eigenvalue weighted by molar-refractivity contribution is 6.63. The zero-order valence-electron chi connectivity index (χ0n) is 6.91. The van der Waals surface area contributed by atoms with Gasteiger partial charge in [-0.05, 0) is 23.4 Å². The van der Waals surface area contributed by atoms with E-state index in [1.54, 1.807) is 0 Å². The van der Waals surface area contributed by atoms with Gasteiger partial charge >= 0.3 is 0 Å². The van der Waals surface area contributed by atoms with Gasteiger partial charge in [-0.1, -0.05) is 27.2 Å². The molecule has 0 fully saturated rings. The second-order valence-corrected chi connectivity index (χ2v) is 3.87. The summed E-state index contributed by atoms with van der Waals surface area (Å²) in [5.41, 5.74) is 0.0909. The largest absolute Gasteiger partial charge is 0.281 e. The predicted octanol–water partition coefficient (Wildman–Crippen LogP) is 2.97. The summed E-state index contributed by atoms with van der Waals surface area (Å²) in [7, 11) is 0. The fourth-order valence-electron chi connectivity index (χ4n) is 1.14. The van der Waals surface area contributed by atoms with Crippen molar-refractivity contribution >= 4 is 16.8 Å². The average Bonchev–Trinajstić information content (AvgIpc) is 1.59. The summed E-state index contributed by atoms with van der Waals surface area (Å²) in [6, 6.07) is 0. The number of carbonyl (C=O) groups is 1. The monoisotopic (exact) mass is 162 g/mol. The van der Waals surface area contributed by atoms with Gasteiger partial charge in [-0.2, -0.15) is 0 Å². The lowest BCUT2D eigenvalue weighted by Gasteiger charge is -2.20. The van der Waals surface area contributed by atoms with E-state index in [-0.39, 0.29) is 10.7 Å². The standard InChI is InChI=1S/C8H15ClO/c1-4-5-8(2,3)6-7(9)10/h4-6H2,1-3H3. The van der Waals surface area contributed by atoms with E-state index in [9.17, 15) is 4.79 Å². The minimum Gasteiger partial charge on any atom is -0.281 e. The fourth-order valence-corrected chi connectivity index (χ4v) is 1.50. The van der Waals surface area contributed by atoms with Crippen molar-refractivity contribution in [1.29, 1.82) is 0 Å². The van der Waals surface area contributed by atoms with Gasteiger partial charge in [0, 0.05) is 6.42 Å². The molecule has 60 valence electrons. The van der Waals surface area contributed by atoms with Crippen molar-refractivity contribution in [2.24, 2.45) is 5.41 Å². The van der Waals surface area contributed by atoms with Crippen molar-refractivity contribution in [2.75, 3.05) is 0 Å². The maximum absolute atomic E-state index is 10.5. The Balaban J connectivity index is 3.74. The van der Waals surface area contributed by atoms with Gasteiger partial charge in [-0.3, -0.25) is 4.79 Å². The molecule has 0 N–H and O–H groups in total. The molecule has 0 unspecified atom stereocenters. The van der Waals surface area contributed by atoms with Crippen molar-refractivity contribution in [3.63, 3.8) is 0 Å². The van der Waals surface area contributed by atoms with Crippen molar-refractivity contribution in [2.45, 2.75) is 40.0 Å². The summed E-state index contributed by atoms with van der Waals surface area (Å²) < 4.78 is 0. The van der Waals surface area contributed by atoms with Crippen molar-refractivity contribution in [3.05, 3.63) is 0 Å². The maximum Gasteiger partial charge on any atom is 0.222 e. The molecule has 0 saturated heterocycles. The summed E-state index contributed by atoms with van der Waals surface area (Å²) in [6.07, 6.45) is 2.66. The molecule has 1 nitrogen and oxygen atoms in total. The summed E-state index contributed by atoms with van der Waals surface area (Å²) >= 11 is 5.26. The number of rotatable bonds is 4. The molecule has 0 bridgehead atoms. The zero-order chi connectivity index (χ0) is 8.20. The van der Waals surface area contributed by atoms with Gasteiger partial charge in [0.05, 0.1) is 0 Å². The molecule has 0 aliphatic rings. The molecule has 0 aromatic heterocycles. The molecule has 0 aromatic carbocycles. The summed E-state index contributed by atoms with van der Waals surface area (Å²) in [5.74, 6) is 0. The Bertz CT molecular complexity index is 118. The summed E-state index contributed by atoms with van der Waals surface area (Å²) in [6.45, 7) is 6.24. The molecule has 0 atom stereocenters. The van der Waals surface area contributed by atoms with Crippen LogP contribution in [-0.2, 0) is 4.79 Å². The fraction of sp³-hybridized carbons (Fsp3) is 0.875. The Hall–Kier alpha value is -0.0400. The van der Waals surface area contributed by atoms with Gasteiger partial charge in [-0.15, -0.1) is 0 Å². The van der Waals surface area contributed by atoms with Gasteiger partial charge in [0.15, 0.2) is 0 Å². The highest BCUT2D eigenvalue weighted by Gasteiger charge is 2.19. The maximum atomic E-state index is 10.5. The first kappa shape index (κ1) is 9.96. The Kier molecular flexibility index (Phi) is 3.95. The Labute approximate surface area is 67.8 Å². The van der Waals surface area contributed by atoms with Crippen LogP contribution in [0.15, 0.2) is 0 Å². The molecule has 0 aromatic rings. The Morgan fingerprint density at radius 2 is 2.00 bits per heavy atom. The molecule has 0 spiro atoms. The van der Waals surface area contributed by atoms with E-state index in [0.29, 0.717) is 6.42 Å². The van der Waals surface area contributed by atoms with E-state index < -0.39 is 0 Å². The second kappa shape index (κ2) is 3.97. The molecule has 2 heteroatoms. The molecule has 0 heterocycles. The van der Waals surface area contributed by atoms with Crippen LogP contribution >= 0.6 is 11.6 Å². The van der Waals surface area contributed by atoms with Gasteiger partial charge in [-0.25, -0.2) is 0 Å². The first-order valence-electron chi connectivity index (χ1n) is 3.66. The van der Waals surface area contributed by atoms with Gasteiger partial charge in [0.2, 0.25) is 5.24 Å². The van der Waals surface area contributed by atoms with Crippen LogP contribution in [0.2, 0.25) is 0 Å². The van der Waals surface area contributed by atoms with Crippen LogP contribution in [0.4, 0.5) is 0 Å². The minimum absolute atomic E-state index is 0.0909. The zero-order valence-corrected chi connectivity index (χ0v) is 7.66. The number of halogens is 1. The number of hydrogen-bond donors (Lipinski definition) is 0. The minimum atomic E-state index is -0.224. The van der Waals surface area contributed by atoms with Crippen LogP contribution in [-0.4, -0.2) is 5.24 Å². The van der Waals surface area contributed by atoms with Crippen LogP contribution in [0.5, 0.6) is 0 Å². The molecule has 0 amide bonds. The Morgan fingerprint density at radius 3 is 2.30 bits per heavy atom. The number of hydrogen-bond acceptors (Lipinski definition) is 1. The van der Waals surface area contributed by atoms with E-state index in [4.69, 9.17) is 11.6 Å². The molecule has 0 saturated carbocycles. The predicted molar refractivity (Wildman–Crippen MR) is 44.2 cm³/mol. The van der Waals surface area contributed by atoms with Crippen LogP contribution in [0, 0.1) is 5.41 Å². The van der Waals surface area contributed by atoms with Gasteiger partial charge in [0.25, 0.3) is 0 Å². The van der Waals surface area contributed by atoms with E-state index in [1.807, 2.05) is 0 Å². The smallest absolute Gasteiger partial charge is 0.222 e.